The zero-order chi connectivity index (χ0) is 31.3. The Morgan fingerprint density at radius 2 is 1.78 bits per heavy atom. The van der Waals surface area contributed by atoms with Gasteiger partial charge in [0, 0.05) is 78.9 Å². The highest BCUT2D eigenvalue weighted by molar-refractivity contribution is 8.04. The Hall–Kier alpha value is -3.33. The number of nitrogens with zero attached hydrogens (tertiary/aromatic N) is 3. The van der Waals surface area contributed by atoms with Gasteiger partial charge in [0.05, 0.1) is 4.91 Å². The summed E-state index contributed by atoms with van der Waals surface area (Å²) in [4.78, 5) is 33.9. The van der Waals surface area contributed by atoms with Crippen molar-refractivity contribution in [1.29, 1.82) is 0 Å². The Morgan fingerprint density at radius 1 is 1.02 bits per heavy atom. The SMILES string of the molecule is Cc1ccc(Cl)cc1N1CCN(CCNC(=O)c2ccc(/C=C3/SC4CCCCC4N(Cc4ccccc4F)C3=O)cc2)CC1. The van der Waals surface area contributed by atoms with Gasteiger partial charge in [-0.15, -0.1) is 11.8 Å². The molecule has 0 bridgehead atoms. The van der Waals surface area contributed by atoms with E-state index in [4.69, 9.17) is 11.6 Å². The molecule has 3 aliphatic rings. The van der Waals surface area contributed by atoms with Crippen molar-refractivity contribution >= 4 is 46.9 Å². The molecular formula is C36H40ClFN4O2S. The fourth-order valence-electron chi connectivity index (χ4n) is 6.62. The predicted octanol–water partition coefficient (Wildman–Crippen LogP) is 6.77. The van der Waals surface area contributed by atoms with Gasteiger partial charge >= 0.3 is 0 Å². The number of hydrogen-bond acceptors (Lipinski definition) is 5. The normalized spacial score (nSPS) is 21.6. The van der Waals surface area contributed by atoms with E-state index in [-0.39, 0.29) is 30.2 Å². The van der Waals surface area contributed by atoms with Gasteiger partial charge in [-0.25, -0.2) is 4.39 Å². The van der Waals surface area contributed by atoms with Crippen LogP contribution in [0.5, 0.6) is 0 Å². The molecule has 3 fully saturated rings. The summed E-state index contributed by atoms with van der Waals surface area (Å²) >= 11 is 7.88. The number of nitrogens with one attached hydrogen (secondary N) is 1. The summed E-state index contributed by atoms with van der Waals surface area (Å²) in [5.74, 6) is -0.426. The number of carbonyl (C=O) groups excluding carboxylic acids is 2. The monoisotopic (exact) mass is 646 g/mol. The molecule has 1 aliphatic carbocycles. The third kappa shape index (κ3) is 7.56. The molecule has 0 aromatic heterocycles. The molecule has 236 valence electrons. The second kappa shape index (κ2) is 14.4. The van der Waals surface area contributed by atoms with Crippen molar-refractivity contribution in [2.24, 2.45) is 0 Å². The van der Waals surface area contributed by atoms with Crippen LogP contribution >= 0.6 is 23.4 Å². The van der Waals surface area contributed by atoms with Crippen molar-refractivity contribution in [2.45, 2.75) is 50.4 Å². The first-order valence-electron chi connectivity index (χ1n) is 15.9. The summed E-state index contributed by atoms with van der Waals surface area (Å²) in [7, 11) is 0. The van der Waals surface area contributed by atoms with E-state index in [1.54, 1.807) is 23.9 Å². The molecule has 2 amide bonds. The molecule has 6 rings (SSSR count). The van der Waals surface area contributed by atoms with Gasteiger partial charge in [0.25, 0.3) is 11.8 Å². The minimum absolute atomic E-state index is 0.0447. The lowest BCUT2D eigenvalue weighted by Gasteiger charge is -2.44. The van der Waals surface area contributed by atoms with Crippen molar-refractivity contribution in [3.63, 3.8) is 0 Å². The van der Waals surface area contributed by atoms with Gasteiger partial charge in [-0.3, -0.25) is 14.5 Å². The molecule has 2 saturated heterocycles. The molecule has 1 N–H and O–H groups in total. The van der Waals surface area contributed by atoms with Crippen molar-refractivity contribution in [1.82, 2.24) is 15.1 Å². The van der Waals surface area contributed by atoms with Gasteiger partial charge in [0.2, 0.25) is 0 Å². The van der Waals surface area contributed by atoms with E-state index in [0.717, 1.165) is 69.0 Å². The molecule has 0 spiro atoms. The van der Waals surface area contributed by atoms with Crippen molar-refractivity contribution in [2.75, 3.05) is 44.2 Å². The van der Waals surface area contributed by atoms with E-state index in [9.17, 15) is 14.0 Å². The first kappa shape index (κ1) is 31.6. The number of piperazine rings is 1. The zero-order valence-electron chi connectivity index (χ0n) is 25.7. The average Bonchev–Trinajstić information content (AvgIpc) is 3.05. The van der Waals surface area contributed by atoms with Gasteiger partial charge in [0.15, 0.2) is 0 Å². The molecule has 2 aliphatic heterocycles. The molecule has 0 radical (unpaired) electrons. The number of thioether (sulfide) groups is 1. The van der Waals surface area contributed by atoms with Crippen LogP contribution < -0.4 is 10.2 Å². The number of anilines is 1. The van der Waals surface area contributed by atoms with Crippen LogP contribution in [0.1, 0.15) is 52.7 Å². The third-order valence-corrected chi connectivity index (χ3v) is 10.8. The Balaban J connectivity index is 1.03. The number of benzene rings is 3. The number of carbonyl (C=O) groups is 2. The van der Waals surface area contributed by atoms with Crippen molar-refractivity contribution in [3.8, 4) is 0 Å². The van der Waals surface area contributed by atoms with Crippen LogP contribution in [0.15, 0.2) is 71.6 Å². The van der Waals surface area contributed by atoms with Gasteiger partial charge in [-0.2, -0.15) is 0 Å². The van der Waals surface area contributed by atoms with E-state index >= 15 is 0 Å². The van der Waals surface area contributed by atoms with Crippen molar-refractivity contribution < 1.29 is 14.0 Å². The highest BCUT2D eigenvalue weighted by Gasteiger charge is 2.40. The summed E-state index contributed by atoms with van der Waals surface area (Å²) in [5.41, 5.74) is 4.43. The molecule has 2 unspecified atom stereocenters. The summed E-state index contributed by atoms with van der Waals surface area (Å²) in [6.07, 6.45) is 6.15. The van der Waals surface area contributed by atoms with E-state index in [2.05, 4.69) is 28.1 Å². The molecule has 2 heterocycles. The highest BCUT2D eigenvalue weighted by atomic mass is 35.5. The maximum absolute atomic E-state index is 14.5. The number of fused-ring (bicyclic) bond motifs is 1. The number of halogens is 2. The summed E-state index contributed by atoms with van der Waals surface area (Å²) in [6, 6.07) is 20.3. The van der Waals surface area contributed by atoms with Crippen LogP contribution in [-0.4, -0.2) is 72.2 Å². The van der Waals surface area contributed by atoms with Crippen LogP contribution in [0, 0.1) is 12.7 Å². The number of hydrogen-bond donors (Lipinski definition) is 1. The lowest BCUT2D eigenvalue weighted by molar-refractivity contribution is -0.130. The maximum atomic E-state index is 14.5. The Morgan fingerprint density at radius 3 is 2.56 bits per heavy atom. The first-order valence-corrected chi connectivity index (χ1v) is 17.2. The minimum Gasteiger partial charge on any atom is -0.369 e. The van der Waals surface area contributed by atoms with Crippen LogP contribution in [0.3, 0.4) is 0 Å². The van der Waals surface area contributed by atoms with Gasteiger partial charge in [0.1, 0.15) is 5.82 Å². The van der Waals surface area contributed by atoms with Crippen LogP contribution in [0.25, 0.3) is 6.08 Å². The number of aryl methyl sites for hydroxylation is 1. The van der Waals surface area contributed by atoms with Gasteiger partial charge in [-0.05, 0) is 67.3 Å². The number of amides is 2. The van der Waals surface area contributed by atoms with Crippen LogP contribution in [-0.2, 0) is 11.3 Å². The minimum atomic E-state index is -0.276. The lowest BCUT2D eigenvalue weighted by atomic mass is 9.92. The summed E-state index contributed by atoms with van der Waals surface area (Å²) in [5, 5.41) is 4.12. The Bertz CT molecular complexity index is 1560. The molecule has 3 aromatic rings. The second-order valence-electron chi connectivity index (χ2n) is 12.2. The first-order chi connectivity index (χ1) is 21.9. The quantitative estimate of drug-likeness (QED) is 0.274. The molecular weight excluding hydrogens is 607 g/mol. The second-order valence-corrected chi connectivity index (χ2v) is 13.9. The molecule has 1 saturated carbocycles. The lowest BCUT2D eigenvalue weighted by Crippen LogP contribution is -2.50. The van der Waals surface area contributed by atoms with Gasteiger partial charge < -0.3 is 15.1 Å². The molecule has 3 aromatic carbocycles. The van der Waals surface area contributed by atoms with E-state index < -0.39 is 0 Å². The predicted molar refractivity (Wildman–Crippen MR) is 182 cm³/mol. The fourth-order valence-corrected chi connectivity index (χ4v) is 8.26. The fraction of sp³-hybridized carbons (Fsp3) is 0.389. The van der Waals surface area contributed by atoms with Gasteiger partial charge in [-0.1, -0.05) is 60.8 Å². The third-order valence-electron chi connectivity index (χ3n) is 9.18. The van der Waals surface area contributed by atoms with E-state index in [1.165, 1.54) is 17.3 Å². The topological polar surface area (TPSA) is 55.9 Å². The molecule has 2 atom stereocenters. The van der Waals surface area contributed by atoms with Crippen LogP contribution in [0.4, 0.5) is 10.1 Å². The highest BCUT2D eigenvalue weighted by Crippen LogP contribution is 2.43. The largest absolute Gasteiger partial charge is 0.369 e. The summed E-state index contributed by atoms with van der Waals surface area (Å²) < 4.78 is 14.5. The molecule has 6 nitrogen and oxygen atoms in total. The molecule has 9 heteroatoms. The summed E-state index contributed by atoms with van der Waals surface area (Å²) in [6.45, 7) is 7.48. The van der Waals surface area contributed by atoms with Crippen LogP contribution in [0.2, 0.25) is 5.02 Å². The molecule has 45 heavy (non-hydrogen) atoms. The van der Waals surface area contributed by atoms with E-state index in [0.29, 0.717) is 27.8 Å². The smallest absolute Gasteiger partial charge is 0.260 e. The Kier molecular flexibility index (Phi) is 10.1. The zero-order valence-corrected chi connectivity index (χ0v) is 27.3. The average molecular weight is 647 g/mol. The van der Waals surface area contributed by atoms with Crippen molar-refractivity contribution in [3.05, 3.63) is 105 Å². The van der Waals surface area contributed by atoms with E-state index in [1.807, 2.05) is 53.4 Å². The number of rotatable bonds is 8. The maximum Gasteiger partial charge on any atom is 0.260 e. The standard InChI is InChI=1S/C36H40ClFN4O2S/c1-25-10-15-29(37)23-32(25)41-20-18-40(19-21-41)17-16-39-35(43)27-13-11-26(12-14-27)22-34-36(44)42(24-28-6-2-3-7-30(28)38)31-8-4-5-9-33(31)45-34/h2-3,6-7,10-15,22-23,31,33H,4-5,8-9,16-21,24H2,1H3,(H,39,43)/b34-22+. The Labute approximate surface area is 274 Å².